The summed E-state index contributed by atoms with van der Waals surface area (Å²) in [6.07, 6.45) is 0.433. The molecule has 0 aliphatic rings. The Labute approximate surface area is 186 Å². The highest BCUT2D eigenvalue weighted by Crippen LogP contribution is 2.25. The van der Waals surface area contributed by atoms with Crippen LogP contribution in [0.3, 0.4) is 0 Å². The van der Waals surface area contributed by atoms with Gasteiger partial charge in [0.25, 0.3) is 0 Å². The zero-order chi connectivity index (χ0) is 22.5. The molecule has 0 bridgehead atoms. The van der Waals surface area contributed by atoms with Crippen LogP contribution in [0.15, 0.2) is 41.6 Å². The number of hydrogen-bond donors (Lipinski definition) is 2. The van der Waals surface area contributed by atoms with E-state index in [1.54, 1.807) is 0 Å². The Morgan fingerprint density at radius 3 is 2.23 bits per heavy atom. The molecule has 0 saturated carbocycles. The van der Waals surface area contributed by atoms with Crippen LogP contribution in [0, 0.1) is 20.8 Å². The maximum atomic E-state index is 12.5. The summed E-state index contributed by atoms with van der Waals surface area (Å²) in [6.45, 7) is 7.85. The van der Waals surface area contributed by atoms with Crippen molar-refractivity contribution in [2.24, 2.45) is 7.05 Å². The lowest BCUT2D eigenvalue weighted by Gasteiger charge is -2.12. The highest BCUT2D eigenvalue weighted by atomic mass is 32.2. The molecule has 1 aromatic heterocycles. The van der Waals surface area contributed by atoms with Crippen LogP contribution in [0.25, 0.3) is 11.4 Å². The molecule has 1 heterocycles. The lowest BCUT2D eigenvalue weighted by molar-refractivity contribution is -0.116. The molecule has 0 aliphatic heterocycles. The van der Waals surface area contributed by atoms with E-state index in [1.807, 2.05) is 63.6 Å². The molecule has 2 aromatic carbocycles. The number of nitrogens with one attached hydrogen (secondary N) is 2. The van der Waals surface area contributed by atoms with E-state index < -0.39 is 0 Å². The van der Waals surface area contributed by atoms with Crippen LogP contribution in [0.2, 0.25) is 0 Å². The van der Waals surface area contributed by atoms with Crippen LogP contribution in [0.4, 0.5) is 11.4 Å². The fraction of sp³-hybridized carbons (Fsp3) is 0.304. The molecule has 3 aromatic rings. The molecule has 0 spiro atoms. The van der Waals surface area contributed by atoms with Crippen molar-refractivity contribution in [2.45, 2.75) is 39.3 Å². The van der Waals surface area contributed by atoms with Crippen LogP contribution in [0.5, 0.6) is 0 Å². The smallest absolute Gasteiger partial charge is 0.234 e. The predicted molar refractivity (Wildman–Crippen MR) is 125 cm³/mol. The number of benzene rings is 2. The molecule has 0 fully saturated rings. The van der Waals surface area contributed by atoms with Crippen molar-refractivity contribution in [1.29, 1.82) is 0 Å². The highest BCUT2D eigenvalue weighted by Gasteiger charge is 2.14. The van der Waals surface area contributed by atoms with Crippen molar-refractivity contribution in [3.63, 3.8) is 0 Å². The number of anilines is 2. The minimum atomic E-state index is -0.0828. The van der Waals surface area contributed by atoms with Gasteiger partial charge in [0.05, 0.1) is 5.75 Å². The minimum absolute atomic E-state index is 0.0283. The van der Waals surface area contributed by atoms with E-state index in [4.69, 9.17) is 0 Å². The standard InChI is InChI=1S/C23H27N5O2S/c1-6-19(29)24-18-9-7-17(8-10-18)22-26-27-23(28(22)5)31-13-20(30)25-21-15(3)11-14(2)12-16(21)4/h7-12H,6,13H2,1-5H3,(H,24,29)(H,25,30). The van der Waals surface area contributed by atoms with E-state index in [-0.39, 0.29) is 17.6 Å². The summed E-state index contributed by atoms with van der Waals surface area (Å²) >= 11 is 1.34. The van der Waals surface area contributed by atoms with E-state index in [0.29, 0.717) is 17.4 Å². The first-order valence-corrected chi connectivity index (χ1v) is 11.1. The molecule has 0 saturated heterocycles. The number of carbonyl (C=O) groups excluding carboxylic acids is 2. The van der Waals surface area contributed by atoms with Gasteiger partial charge in [0.2, 0.25) is 11.8 Å². The normalized spacial score (nSPS) is 10.7. The molecule has 162 valence electrons. The summed E-state index contributed by atoms with van der Waals surface area (Å²) < 4.78 is 1.86. The Hall–Kier alpha value is -3.13. The van der Waals surface area contributed by atoms with Crippen molar-refractivity contribution in [1.82, 2.24) is 14.8 Å². The van der Waals surface area contributed by atoms with Gasteiger partial charge in [0.1, 0.15) is 0 Å². The number of amides is 2. The average Bonchev–Trinajstić information content (AvgIpc) is 3.10. The first kappa shape index (κ1) is 22.6. The van der Waals surface area contributed by atoms with Gasteiger partial charge in [-0.25, -0.2) is 0 Å². The molecule has 7 nitrogen and oxygen atoms in total. The average molecular weight is 438 g/mol. The number of aryl methyl sites for hydroxylation is 3. The first-order valence-electron chi connectivity index (χ1n) is 10.1. The second-order valence-electron chi connectivity index (χ2n) is 7.45. The Morgan fingerprint density at radius 1 is 0.968 bits per heavy atom. The summed E-state index contributed by atoms with van der Waals surface area (Å²) in [5, 5.41) is 15.0. The topological polar surface area (TPSA) is 88.9 Å². The maximum Gasteiger partial charge on any atom is 0.234 e. The number of nitrogens with zero attached hydrogens (tertiary/aromatic N) is 3. The maximum absolute atomic E-state index is 12.5. The zero-order valence-corrected chi connectivity index (χ0v) is 19.3. The van der Waals surface area contributed by atoms with Gasteiger partial charge in [-0.3, -0.25) is 9.59 Å². The molecule has 8 heteroatoms. The molecule has 2 amide bonds. The Bertz CT molecular complexity index is 1080. The van der Waals surface area contributed by atoms with Crippen molar-refractivity contribution < 1.29 is 9.59 Å². The summed E-state index contributed by atoms with van der Waals surface area (Å²) in [7, 11) is 1.87. The second-order valence-corrected chi connectivity index (χ2v) is 8.40. The summed E-state index contributed by atoms with van der Waals surface area (Å²) in [6, 6.07) is 11.6. The fourth-order valence-electron chi connectivity index (χ4n) is 3.33. The quantitative estimate of drug-likeness (QED) is 0.532. The highest BCUT2D eigenvalue weighted by molar-refractivity contribution is 7.99. The minimum Gasteiger partial charge on any atom is -0.326 e. The SMILES string of the molecule is CCC(=O)Nc1ccc(-c2nnc(SCC(=O)Nc3c(C)cc(C)cc3C)n2C)cc1. The van der Waals surface area contributed by atoms with E-state index in [9.17, 15) is 9.59 Å². The molecule has 0 atom stereocenters. The molecule has 2 N–H and O–H groups in total. The Morgan fingerprint density at radius 2 is 1.61 bits per heavy atom. The lowest BCUT2D eigenvalue weighted by Crippen LogP contribution is -2.16. The van der Waals surface area contributed by atoms with Crippen molar-refractivity contribution in [3.05, 3.63) is 53.1 Å². The van der Waals surface area contributed by atoms with Crippen LogP contribution >= 0.6 is 11.8 Å². The third kappa shape index (κ3) is 5.52. The molecule has 0 aliphatic carbocycles. The summed E-state index contributed by atoms with van der Waals surface area (Å²) in [4.78, 5) is 24.0. The van der Waals surface area contributed by atoms with E-state index in [2.05, 4.69) is 33.0 Å². The molecule has 31 heavy (non-hydrogen) atoms. The van der Waals surface area contributed by atoms with Crippen molar-refractivity contribution in [2.75, 3.05) is 16.4 Å². The van der Waals surface area contributed by atoms with E-state index in [1.165, 1.54) is 17.3 Å². The first-order chi connectivity index (χ1) is 14.8. The van der Waals surface area contributed by atoms with Crippen LogP contribution in [-0.2, 0) is 16.6 Å². The van der Waals surface area contributed by atoms with Gasteiger partial charge in [-0.15, -0.1) is 10.2 Å². The van der Waals surface area contributed by atoms with Crippen LogP contribution in [-0.4, -0.2) is 32.3 Å². The molecule has 3 rings (SSSR count). The van der Waals surface area contributed by atoms with Gasteiger partial charge in [-0.1, -0.05) is 36.4 Å². The van der Waals surface area contributed by atoms with E-state index >= 15 is 0 Å². The largest absolute Gasteiger partial charge is 0.326 e. The summed E-state index contributed by atoms with van der Waals surface area (Å²) in [5.41, 5.74) is 5.77. The zero-order valence-electron chi connectivity index (χ0n) is 18.4. The van der Waals surface area contributed by atoms with Gasteiger partial charge >= 0.3 is 0 Å². The second kappa shape index (κ2) is 9.78. The fourth-order valence-corrected chi connectivity index (χ4v) is 4.04. The van der Waals surface area contributed by atoms with Crippen molar-refractivity contribution in [3.8, 4) is 11.4 Å². The Balaban J connectivity index is 1.64. The molecule has 0 unspecified atom stereocenters. The summed E-state index contributed by atoms with van der Waals surface area (Å²) in [5.74, 6) is 0.822. The van der Waals surface area contributed by atoms with Gasteiger partial charge < -0.3 is 15.2 Å². The third-order valence-electron chi connectivity index (χ3n) is 4.86. The van der Waals surface area contributed by atoms with Gasteiger partial charge in [0, 0.05) is 30.4 Å². The molecular formula is C23H27N5O2S. The van der Waals surface area contributed by atoms with Gasteiger partial charge in [-0.05, 0) is 56.2 Å². The van der Waals surface area contributed by atoms with E-state index in [0.717, 1.165) is 28.1 Å². The van der Waals surface area contributed by atoms with Crippen LogP contribution in [0.1, 0.15) is 30.0 Å². The predicted octanol–water partition coefficient (Wildman–Crippen LogP) is 4.49. The monoisotopic (exact) mass is 437 g/mol. The number of rotatable bonds is 7. The number of aromatic nitrogens is 3. The van der Waals surface area contributed by atoms with Gasteiger partial charge in [-0.2, -0.15) is 0 Å². The number of carbonyl (C=O) groups is 2. The number of thioether (sulfide) groups is 1. The molecular weight excluding hydrogens is 410 g/mol. The lowest BCUT2D eigenvalue weighted by atomic mass is 10.1. The van der Waals surface area contributed by atoms with Crippen molar-refractivity contribution >= 4 is 35.0 Å². The van der Waals surface area contributed by atoms with Gasteiger partial charge in [0.15, 0.2) is 11.0 Å². The van der Waals surface area contributed by atoms with Crippen LogP contribution < -0.4 is 10.6 Å². The third-order valence-corrected chi connectivity index (χ3v) is 5.88. The Kier molecular flexibility index (Phi) is 7.12. The molecule has 0 radical (unpaired) electrons. The number of hydrogen-bond acceptors (Lipinski definition) is 5.